The van der Waals surface area contributed by atoms with E-state index in [0.717, 1.165) is 16.8 Å². The molecule has 0 saturated carbocycles. The fourth-order valence-electron chi connectivity index (χ4n) is 2.71. The average molecular weight is 341 g/mol. The normalized spacial score (nSPS) is 10.7. The summed E-state index contributed by atoms with van der Waals surface area (Å²) in [4.78, 5) is 0. The molecule has 0 atom stereocenters. The van der Waals surface area contributed by atoms with E-state index in [4.69, 9.17) is 21.7 Å². The zero-order valence-electron chi connectivity index (χ0n) is 14.1. The van der Waals surface area contributed by atoms with Gasteiger partial charge in [0.2, 0.25) is 0 Å². The predicted molar refractivity (Wildman–Crippen MR) is 96.8 cm³/mol. The quantitative estimate of drug-likeness (QED) is 0.722. The molecule has 6 heteroatoms. The van der Waals surface area contributed by atoms with Gasteiger partial charge in [-0.05, 0) is 49.8 Å². The van der Waals surface area contributed by atoms with E-state index >= 15 is 0 Å². The maximum absolute atomic E-state index is 5.45. The predicted octanol–water partition coefficient (Wildman–Crippen LogP) is 4.23. The second-order valence-electron chi connectivity index (χ2n) is 5.58. The van der Waals surface area contributed by atoms with E-state index in [0.29, 0.717) is 22.1 Å². The summed E-state index contributed by atoms with van der Waals surface area (Å²) >= 11 is 5.45. The third-order valence-electron chi connectivity index (χ3n) is 3.88. The van der Waals surface area contributed by atoms with E-state index in [9.17, 15) is 0 Å². The van der Waals surface area contributed by atoms with Crippen LogP contribution >= 0.6 is 12.2 Å². The minimum Gasteiger partial charge on any atom is -0.497 e. The summed E-state index contributed by atoms with van der Waals surface area (Å²) in [6.07, 6.45) is 0. The Balaban J connectivity index is 2.23. The van der Waals surface area contributed by atoms with Crippen LogP contribution in [0.5, 0.6) is 11.5 Å². The van der Waals surface area contributed by atoms with Crippen molar-refractivity contribution in [2.75, 3.05) is 14.2 Å². The van der Waals surface area contributed by atoms with Crippen molar-refractivity contribution < 1.29 is 9.47 Å². The van der Waals surface area contributed by atoms with Crippen LogP contribution in [0.4, 0.5) is 0 Å². The molecule has 0 saturated heterocycles. The number of aromatic amines is 1. The Morgan fingerprint density at radius 2 is 1.67 bits per heavy atom. The molecule has 5 nitrogen and oxygen atoms in total. The first-order chi connectivity index (χ1) is 11.5. The van der Waals surface area contributed by atoms with Gasteiger partial charge in [-0.25, -0.2) is 0 Å². The molecule has 24 heavy (non-hydrogen) atoms. The first-order valence-electron chi connectivity index (χ1n) is 7.52. The summed E-state index contributed by atoms with van der Waals surface area (Å²) in [5.41, 5.74) is 4.19. The highest BCUT2D eigenvalue weighted by atomic mass is 32.1. The molecule has 0 aliphatic heterocycles. The number of aryl methyl sites for hydroxylation is 2. The lowest BCUT2D eigenvalue weighted by molar-refractivity contribution is 0.394. The molecule has 0 spiro atoms. The van der Waals surface area contributed by atoms with Gasteiger partial charge in [0.1, 0.15) is 11.5 Å². The van der Waals surface area contributed by atoms with Crippen LogP contribution in [0.15, 0.2) is 36.4 Å². The van der Waals surface area contributed by atoms with Gasteiger partial charge in [0.05, 0.1) is 19.9 Å². The maximum Gasteiger partial charge on any atom is 0.200 e. The molecule has 2 aromatic carbocycles. The molecular weight excluding hydrogens is 322 g/mol. The first kappa shape index (κ1) is 16.3. The summed E-state index contributed by atoms with van der Waals surface area (Å²) in [6, 6.07) is 11.9. The molecule has 0 fully saturated rings. The van der Waals surface area contributed by atoms with Crippen molar-refractivity contribution in [3.63, 3.8) is 0 Å². The maximum atomic E-state index is 5.45. The van der Waals surface area contributed by atoms with Gasteiger partial charge in [-0.15, -0.1) is 0 Å². The Morgan fingerprint density at radius 3 is 2.25 bits per heavy atom. The number of methoxy groups -OCH3 is 2. The first-order valence-corrected chi connectivity index (χ1v) is 7.93. The largest absolute Gasteiger partial charge is 0.497 e. The van der Waals surface area contributed by atoms with Gasteiger partial charge in [0.15, 0.2) is 10.6 Å². The third-order valence-corrected chi connectivity index (χ3v) is 4.15. The van der Waals surface area contributed by atoms with E-state index < -0.39 is 0 Å². The lowest BCUT2D eigenvalue weighted by Gasteiger charge is -2.12. The van der Waals surface area contributed by atoms with E-state index in [1.807, 2.05) is 22.8 Å². The van der Waals surface area contributed by atoms with Gasteiger partial charge in [-0.1, -0.05) is 17.7 Å². The zero-order chi connectivity index (χ0) is 17.3. The van der Waals surface area contributed by atoms with Crippen LogP contribution in [0.3, 0.4) is 0 Å². The van der Waals surface area contributed by atoms with Gasteiger partial charge < -0.3 is 9.47 Å². The Kier molecular flexibility index (Phi) is 4.40. The van der Waals surface area contributed by atoms with Crippen LogP contribution in [-0.4, -0.2) is 29.0 Å². The Hall–Kier alpha value is -2.60. The number of nitrogens with zero attached hydrogens (tertiary/aromatic N) is 2. The van der Waals surface area contributed by atoms with Gasteiger partial charge in [0.25, 0.3) is 0 Å². The number of rotatable bonds is 4. The number of hydrogen-bond acceptors (Lipinski definition) is 4. The Morgan fingerprint density at radius 1 is 1.00 bits per heavy atom. The molecule has 3 aromatic rings. The summed E-state index contributed by atoms with van der Waals surface area (Å²) in [5, 5.41) is 7.30. The third kappa shape index (κ3) is 2.92. The summed E-state index contributed by atoms with van der Waals surface area (Å²) in [6.45, 7) is 4.13. The highest BCUT2D eigenvalue weighted by molar-refractivity contribution is 7.71. The molecule has 0 radical (unpaired) electrons. The van der Waals surface area contributed by atoms with Gasteiger partial charge in [0, 0.05) is 11.6 Å². The summed E-state index contributed by atoms with van der Waals surface area (Å²) in [7, 11) is 3.25. The van der Waals surface area contributed by atoms with E-state index in [1.54, 1.807) is 14.2 Å². The average Bonchev–Trinajstić information content (AvgIpc) is 2.96. The fourth-order valence-corrected chi connectivity index (χ4v) is 2.94. The molecule has 1 N–H and O–H groups in total. The monoisotopic (exact) mass is 341 g/mol. The molecule has 3 rings (SSSR count). The zero-order valence-corrected chi connectivity index (χ0v) is 14.9. The van der Waals surface area contributed by atoms with Crippen LogP contribution in [0.2, 0.25) is 0 Å². The van der Waals surface area contributed by atoms with Crippen LogP contribution in [0.25, 0.3) is 17.1 Å². The minimum absolute atomic E-state index is 0.540. The van der Waals surface area contributed by atoms with Crippen LogP contribution < -0.4 is 9.47 Å². The second-order valence-corrected chi connectivity index (χ2v) is 5.97. The van der Waals surface area contributed by atoms with Crippen LogP contribution in [0, 0.1) is 18.6 Å². The van der Waals surface area contributed by atoms with Crippen molar-refractivity contribution in [3.05, 3.63) is 52.3 Å². The lowest BCUT2D eigenvalue weighted by atomic mass is 10.1. The molecule has 1 aromatic heterocycles. The molecule has 0 unspecified atom stereocenters. The smallest absolute Gasteiger partial charge is 0.200 e. The van der Waals surface area contributed by atoms with Gasteiger partial charge in [-0.3, -0.25) is 9.67 Å². The van der Waals surface area contributed by atoms with Crippen LogP contribution in [0.1, 0.15) is 11.1 Å². The topological polar surface area (TPSA) is 52.1 Å². The Labute approximate surface area is 145 Å². The van der Waals surface area contributed by atoms with Gasteiger partial charge >= 0.3 is 0 Å². The number of H-pyrrole nitrogens is 1. The van der Waals surface area contributed by atoms with E-state index in [-0.39, 0.29) is 0 Å². The van der Waals surface area contributed by atoms with Gasteiger partial charge in [-0.2, -0.15) is 5.10 Å². The van der Waals surface area contributed by atoms with Crippen molar-refractivity contribution in [2.24, 2.45) is 0 Å². The molecular formula is C18H19N3O2S. The highest BCUT2D eigenvalue weighted by Crippen LogP contribution is 2.30. The molecule has 0 bridgehead atoms. The van der Waals surface area contributed by atoms with Crippen molar-refractivity contribution in [3.8, 4) is 28.6 Å². The minimum atomic E-state index is 0.540. The SMILES string of the molecule is COc1cc(OC)cc(-c2n[nH]c(=S)n2-c2ccc(C)cc2C)c1. The Bertz CT molecular complexity index is 921. The van der Waals surface area contributed by atoms with E-state index in [2.05, 4.69) is 42.2 Å². The molecule has 0 amide bonds. The molecule has 1 heterocycles. The number of hydrogen-bond donors (Lipinski definition) is 1. The number of nitrogens with one attached hydrogen (secondary N) is 1. The second kappa shape index (κ2) is 6.49. The number of aromatic nitrogens is 3. The highest BCUT2D eigenvalue weighted by Gasteiger charge is 2.14. The van der Waals surface area contributed by atoms with Crippen LogP contribution in [-0.2, 0) is 0 Å². The fraction of sp³-hybridized carbons (Fsp3) is 0.222. The van der Waals surface area contributed by atoms with Crippen molar-refractivity contribution >= 4 is 12.2 Å². The van der Waals surface area contributed by atoms with Crippen molar-refractivity contribution in [1.29, 1.82) is 0 Å². The summed E-state index contributed by atoms with van der Waals surface area (Å²) < 4.78 is 13.2. The summed E-state index contributed by atoms with van der Waals surface area (Å²) in [5.74, 6) is 2.11. The molecule has 124 valence electrons. The molecule has 0 aliphatic rings. The van der Waals surface area contributed by atoms with Crippen molar-refractivity contribution in [1.82, 2.24) is 14.8 Å². The van der Waals surface area contributed by atoms with E-state index in [1.165, 1.54) is 5.56 Å². The van der Waals surface area contributed by atoms with Crippen molar-refractivity contribution in [2.45, 2.75) is 13.8 Å². The molecule has 0 aliphatic carbocycles. The standard InChI is InChI=1S/C18H19N3O2S/c1-11-5-6-16(12(2)7-11)21-17(19-20-18(21)24)13-8-14(22-3)10-15(9-13)23-4/h5-10H,1-4H3,(H,20,24). The number of benzene rings is 2. The lowest BCUT2D eigenvalue weighted by Crippen LogP contribution is -2.01. The number of ether oxygens (including phenoxy) is 2.